The van der Waals surface area contributed by atoms with E-state index in [9.17, 15) is 10.2 Å². The maximum atomic E-state index is 9.96. The first-order valence-electron chi connectivity index (χ1n) is 5.69. The second-order valence-corrected chi connectivity index (χ2v) is 4.31. The number of nitrogens with zero attached hydrogens (tertiary/aromatic N) is 4. The second kappa shape index (κ2) is 4.38. The summed E-state index contributed by atoms with van der Waals surface area (Å²) in [6, 6.07) is 0. The van der Waals surface area contributed by atoms with Crippen LogP contribution in [0.5, 0.6) is 0 Å². The number of fused-ring (bicyclic) bond motifs is 1. The maximum absolute atomic E-state index is 9.96. The molecule has 0 aliphatic carbocycles. The van der Waals surface area contributed by atoms with Gasteiger partial charge in [-0.25, -0.2) is 15.0 Å². The topological polar surface area (TPSA) is 140 Å². The highest BCUT2D eigenvalue weighted by Crippen LogP contribution is 2.33. The summed E-state index contributed by atoms with van der Waals surface area (Å²) in [5, 5.41) is 28.8. The Morgan fingerprint density at radius 1 is 1.26 bits per heavy atom. The monoisotopic (exact) mass is 267 g/mol. The minimum atomic E-state index is -1.20. The lowest BCUT2D eigenvalue weighted by Gasteiger charge is -2.20. The van der Waals surface area contributed by atoms with Crippen molar-refractivity contribution in [3.63, 3.8) is 0 Å². The smallest absolute Gasteiger partial charge is 0.167 e. The van der Waals surface area contributed by atoms with Gasteiger partial charge < -0.3 is 25.8 Å². The number of hydrogen-bond acceptors (Lipinski definition) is 8. The summed E-state index contributed by atoms with van der Waals surface area (Å²) in [6.45, 7) is -0.395. The minimum absolute atomic E-state index is 0.218. The van der Waals surface area contributed by atoms with Gasteiger partial charge in [-0.05, 0) is 0 Å². The van der Waals surface area contributed by atoms with E-state index in [4.69, 9.17) is 15.6 Å². The predicted molar refractivity (Wildman–Crippen MR) is 61.9 cm³/mol. The molecule has 3 rings (SSSR count). The molecule has 0 amide bonds. The molecule has 1 unspecified atom stereocenters. The first-order valence-corrected chi connectivity index (χ1v) is 5.69. The molecule has 3 aliphatic heterocycles. The number of aliphatic hydroxyl groups excluding tert-OH is 3. The highest BCUT2D eigenvalue weighted by Gasteiger charge is 2.44. The van der Waals surface area contributed by atoms with Gasteiger partial charge in [0.25, 0.3) is 0 Å². The lowest BCUT2D eigenvalue weighted by molar-refractivity contribution is -0.0529. The van der Waals surface area contributed by atoms with Gasteiger partial charge in [0.2, 0.25) is 0 Å². The van der Waals surface area contributed by atoms with Gasteiger partial charge in [0.05, 0.1) is 6.61 Å². The van der Waals surface area contributed by atoms with Crippen molar-refractivity contribution in [3.05, 3.63) is 12.7 Å². The van der Waals surface area contributed by atoms with Crippen LogP contribution in [-0.4, -0.2) is 59.8 Å². The highest BCUT2D eigenvalue weighted by molar-refractivity contribution is 5.64. The van der Waals surface area contributed by atoms with Gasteiger partial charge in [0, 0.05) is 0 Å². The predicted octanol–water partition coefficient (Wildman–Crippen LogP) is -2.03. The van der Waals surface area contributed by atoms with Crippen molar-refractivity contribution in [2.75, 3.05) is 12.3 Å². The van der Waals surface area contributed by atoms with Gasteiger partial charge in [0.1, 0.15) is 36.7 Å². The third kappa shape index (κ3) is 1.75. The van der Waals surface area contributed by atoms with E-state index in [0.29, 0.717) is 11.5 Å². The minimum Gasteiger partial charge on any atom is -0.394 e. The molecule has 5 N–H and O–H groups in total. The fourth-order valence-electron chi connectivity index (χ4n) is 2.17. The summed E-state index contributed by atoms with van der Waals surface area (Å²) in [5.41, 5.74) is 6.05. The molecule has 0 bridgehead atoms. The number of nitrogen functional groups attached to an aromatic ring is 1. The molecular weight excluding hydrogens is 254 g/mol. The summed E-state index contributed by atoms with van der Waals surface area (Å²) >= 11 is 0. The molecule has 102 valence electrons. The molecule has 3 heterocycles. The van der Waals surface area contributed by atoms with E-state index >= 15 is 0 Å². The number of hydrogen-bond donors (Lipinski definition) is 4. The van der Waals surface area contributed by atoms with Gasteiger partial charge in [0.15, 0.2) is 17.9 Å². The van der Waals surface area contributed by atoms with Crippen LogP contribution in [0.2, 0.25) is 0 Å². The fourth-order valence-corrected chi connectivity index (χ4v) is 2.17. The van der Waals surface area contributed by atoms with Crippen molar-refractivity contribution in [2.45, 2.75) is 24.5 Å². The van der Waals surface area contributed by atoms with E-state index in [1.54, 1.807) is 0 Å². The molecule has 0 aromatic carbocycles. The number of imidazole rings is 1. The molecule has 9 heteroatoms. The number of aliphatic hydroxyl groups is 3. The largest absolute Gasteiger partial charge is 0.394 e. The van der Waals surface area contributed by atoms with Crippen LogP contribution in [0.15, 0.2) is 12.7 Å². The molecular formula is C10H13N5O4. The average Bonchev–Trinajstić information content (AvgIpc) is 2.99. The van der Waals surface area contributed by atoms with Gasteiger partial charge in [-0.1, -0.05) is 0 Å². The van der Waals surface area contributed by atoms with Crippen LogP contribution < -0.4 is 5.73 Å². The van der Waals surface area contributed by atoms with Gasteiger partial charge >= 0.3 is 0 Å². The van der Waals surface area contributed by atoms with E-state index in [-0.39, 0.29) is 5.82 Å². The Bertz CT molecular complexity index is 561. The third-order valence-corrected chi connectivity index (χ3v) is 3.18. The fraction of sp³-hybridized carbons (Fsp3) is 0.500. The number of ether oxygens (including phenoxy) is 1. The van der Waals surface area contributed by atoms with E-state index < -0.39 is 31.1 Å². The van der Waals surface area contributed by atoms with Crippen LogP contribution in [0.4, 0.5) is 5.82 Å². The van der Waals surface area contributed by atoms with Gasteiger partial charge in [-0.2, -0.15) is 0 Å². The summed E-state index contributed by atoms with van der Waals surface area (Å²) < 4.78 is 6.84. The second-order valence-electron chi connectivity index (χ2n) is 4.31. The Labute approximate surface area is 107 Å². The Balaban J connectivity index is 2.02. The Hall–Kier alpha value is -1.81. The number of anilines is 1. The van der Waals surface area contributed by atoms with Crippen molar-refractivity contribution in [1.82, 2.24) is 19.5 Å². The zero-order valence-electron chi connectivity index (χ0n) is 9.79. The molecule has 0 saturated carbocycles. The summed E-state index contributed by atoms with van der Waals surface area (Å²) in [6.07, 6.45) is -1.47. The summed E-state index contributed by atoms with van der Waals surface area (Å²) in [4.78, 5) is 11.9. The first kappa shape index (κ1) is 12.2. The third-order valence-electron chi connectivity index (χ3n) is 3.18. The van der Waals surface area contributed by atoms with Crippen molar-refractivity contribution >= 4 is 5.82 Å². The Morgan fingerprint density at radius 2 is 2.05 bits per heavy atom. The molecule has 0 spiro atoms. The molecule has 4 atom stereocenters. The molecule has 0 radical (unpaired) electrons. The van der Waals surface area contributed by atoms with Crippen molar-refractivity contribution in [2.24, 2.45) is 0 Å². The molecule has 3 aliphatic rings. The normalized spacial score (nSPS) is 31.1. The first-order chi connectivity index (χ1) is 9.13. The van der Waals surface area contributed by atoms with Crippen LogP contribution in [0.3, 0.4) is 0 Å². The summed E-state index contributed by atoms with van der Waals surface area (Å²) in [7, 11) is 0. The zero-order chi connectivity index (χ0) is 13.6. The van der Waals surface area contributed by atoms with E-state index in [0.717, 1.165) is 0 Å². The van der Waals surface area contributed by atoms with Crippen molar-refractivity contribution in [3.8, 4) is 11.5 Å². The lowest BCUT2D eigenvalue weighted by atomic mass is 10.1. The van der Waals surface area contributed by atoms with Gasteiger partial charge in [-0.15, -0.1) is 0 Å². The Kier molecular flexibility index (Phi) is 2.82. The van der Waals surface area contributed by atoms with Crippen LogP contribution in [0, 0.1) is 0 Å². The van der Waals surface area contributed by atoms with Gasteiger partial charge in [-0.3, -0.25) is 4.57 Å². The maximum Gasteiger partial charge on any atom is 0.167 e. The quantitative estimate of drug-likeness (QED) is 0.488. The van der Waals surface area contributed by atoms with Crippen LogP contribution in [0.25, 0.3) is 11.5 Å². The molecule has 9 nitrogen and oxygen atoms in total. The zero-order valence-corrected chi connectivity index (χ0v) is 9.79. The van der Waals surface area contributed by atoms with Crippen LogP contribution in [0.1, 0.15) is 6.23 Å². The van der Waals surface area contributed by atoms with E-state index in [1.165, 1.54) is 17.2 Å². The molecule has 0 aromatic heterocycles. The summed E-state index contributed by atoms with van der Waals surface area (Å²) in [5.74, 6) is 0.609. The molecule has 1 fully saturated rings. The van der Waals surface area contributed by atoms with Crippen LogP contribution >= 0.6 is 0 Å². The number of rotatable bonds is 2. The highest BCUT2D eigenvalue weighted by atomic mass is 16.6. The molecule has 19 heavy (non-hydrogen) atoms. The van der Waals surface area contributed by atoms with Crippen LogP contribution in [-0.2, 0) is 4.74 Å². The number of nitrogens with two attached hydrogens (primary N) is 1. The average molecular weight is 267 g/mol. The SMILES string of the molecule is Nc1ncn(C2O[C@H](CO)[C@H](O)[C@H]2O)c2ncnc1-2. The number of aromatic nitrogens is 4. The molecule has 1 saturated heterocycles. The van der Waals surface area contributed by atoms with Crippen molar-refractivity contribution in [1.29, 1.82) is 0 Å². The van der Waals surface area contributed by atoms with E-state index in [2.05, 4.69) is 15.0 Å². The lowest BCUT2D eigenvalue weighted by Crippen LogP contribution is -2.33. The Morgan fingerprint density at radius 3 is 2.74 bits per heavy atom. The standard InChI is InChI=1S/C10H13N5O4/c11-8-5-9(13-2-12-5)15(3-14-8)10-7(18)6(17)4(1-16)19-10/h2-4,6-7,10,16-18H,1,11H2/t4-,6+,7-,10?/m1/s1. The molecule has 0 aromatic rings. The van der Waals surface area contributed by atoms with Crippen molar-refractivity contribution < 1.29 is 20.1 Å². The van der Waals surface area contributed by atoms with E-state index in [1.807, 2.05) is 0 Å².